The summed E-state index contributed by atoms with van der Waals surface area (Å²) in [7, 11) is 2.93. The number of nitrogens with zero attached hydrogens (tertiary/aromatic N) is 1. The second kappa shape index (κ2) is 7.89. The Balaban J connectivity index is 2.07. The van der Waals surface area contributed by atoms with E-state index in [1.54, 1.807) is 30.3 Å². The van der Waals surface area contributed by atoms with Gasteiger partial charge in [-0.2, -0.15) is 5.26 Å². The van der Waals surface area contributed by atoms with Gasteiger partial charge in [-0.1, -0.05) is 12.1 Å². The van der Waals surface area contributed by atoms with E-state index < -0.39 is 0 Å². The van der Waals surface area contributed by atoms with Gasteiger partial charge in [0.15, 0.2) is 0 Å². The lowest BCUT2D eigenvalue weighted by Crippen LogP contribution is -2.24. The van der Waals surface area contributed by atoms with Gasteiger partial charge in [-0.25, -0.2) is 0 Å². The Kier molecular flexibility index (Phi) is 5.38. The zero-order chi connectivity index (χ0) is 19.4. The number of carbonyl (C=O) groups excluding carboxylic acids is 2. The van der Waals surface area contributed by atoms with E-state index in [0.717, 1.165) is 11.1 Å². The first kappa shape index (κ1) is 18.4. The number of nitrogens with one attached hydrogen (secondary N) is 2. The van der Waals surface area contributed by atoms with Crippen LogP contribution in [0.25, 0.3) is 0 Å². The maximum atomic E-state index is 12.2. The van der Waals surface area contributed by atoms with Crippen molar-refractivity contribution in [3.8, 4) is 11.8 Å². The van der Waals surface area contributed by atoms with Crippen LogP contribution in [-0.4, -0.2) is 32.6 Å². The van der Waals surface area contributed by atoms with E-state index in [-0.39, 0.29) is 30.8 Å². The maximum Gasteiger partial charge on any atom is 0.250 e. The Bertz CT molecular complexity index is 933. The topological polar surface area (TPSA) is 100 Å². The molecule has 1 atom stereocenters. The van der Waals surface area contributed by atoms with Gasteiger partial charge in [-0.15, -0.1) is 0 Å². The van der Waals surface area contributed by atoms with Crippen LogP contribution in [0, 0.1) is 11.3 Å². The van der Waals surface area contributed by atoms with Gasteiger partial charge in [-0.05, 0) is 29.3 Å². The van der Waals surface area contributed by atoms with Crippen LogP contribution >= 0.6 is 0 Å². The van der Waals surface area contributed by atoms with Crippen LogP contribution in [0.4, 0.5) is 11.4 Å². The number of methoxy groups -OCH3 is 2. The minimum atomic E-state index is -0.307. The molecule has 0 saturated heterocycles. The molecule has 0 spiro atoms. The molecule has 1 aliphatic heterocycles. The summed E-state index contributed by atoms with van der Waals surface area (Å²) in [5.74, 6) is -0.220. The molecule has 2 amide bonds. The van der Waals surface area contributed by atoms with E-state index in [9.17, 15) is 9.59 Å². The lowest BCUT2D eigenvalue weighted by molar-refractivity contribution is -0.119. The zero-order valence-electron chi connectivity index (χ0n) is 15.0. The van der Waals surface area contributed by atoms with Crippen LogP contribution in [0.1, 0.15) is 29.0 Å². The molecule has 1 heterocycles. The highest BCUT2D eigenvalue weighted by atomic mass is 16.5. The number of hydrogen-bond donors (Lipinski definition) is 2. The van der Waals surface area contributed by atoms with Gasteiger partial charge in [-0.3, -0.25) is 9.59 Å². The maximum absolute atomic E-state index is 12.2. The lowest BCUT2D eigenvalue weighted by atomic mass is 9.84. The van der Waals surface area contributed by atoms with Gasteiger partial charge < -0.3 is 20.1 Å². The van der Waals surface area contributed by atoms with Crippen molar-refractivity contribution in [3.63, 3.8) is 0 Å². The molecule has 2 aromatic carbocycles. The minimum absolute atomic E-state index is 0.0788. The molecule has 138 valence electrons. The highest BCUT2D eigenvalue weighted by Gasteiger charge is 2.28. The molecule has 0 saturated carbocycles. The predicted molar refractivity (Wildman–Crippen MR) is 99.7 cm³/mol. The summed E-state index contributed by atoms with van der Waals surface area (Å²) in [6.45, 7) is -0.0788. The van der Waals surface area contributed by atoms with Crippen LogP contribution in [0.15, 0.2) is 36.4 Å². The number of anilines is 2. The number of benzene rings is 2. The van der Waals surface area contributed by atoms with E-state index in [4.69, 9.17) is 14.7 Å². The van der Waals surface area contributed by atoms with Gasteiger partial charge in [0.05, 0.1) is 24.4 Å². The normalized spacial score (nSPS) is 15.3. The van der Waals surface area contributed by atoms with Crippen molar-refractivity contribution in [1.29, 1.82) is 5.26 Å². The van der Waals surface area contributed by atoms with Gasteiger partial charge in [0, 0.05) is 31.2 Å². The highest BCUT2D eigenvalue weighted by Crippen LogP contribution is 2.42. The molecular weight excluding hydrogens is 346 g/mol. The summed E-state index contributed by atoms with van der Waals surface area (Å²) in [4.78, 5) is 24.1. The van der Waals surface area contributed by atoms with Gasteiger partial charge in [0.2, 0.25) is 11.8 Å². The van der Waals surface area contributed by atoms with Crippen molar-refractivity contribution in [1.82, 2.24) is 0 Å². The molecule has 0 aliphatic carbocycles. The zero-order valence-corrected chi connectivity index (χ0v) is 15.0. The van der Waals surface area contributed by atoms with Crippen molar-refractivity contribution in [3.05, 3.63) is 53.1 Å². The highest BCUT2D eigenvalue weighted by molar-refractivity contribution is 5.98. The average molecular weight is 365 g/mol. The third-order valence-electron chi connectivity index (χ3n) is 4.38. The van der Waals surface area contributed by atoms with Crippen LogP contribution < -0.4 is 15.4 Å². The van der Waals surface area contributed by atoms with Crippen molar-refractivity contribution in [2.24, 2.45) is 0 Å². The largest absolute Gasteiger partial charge is 0.494 e. The summed E-state index contributed by atoms with van der Waals surface area (Å²) >= 11 is 0. The van der Waals surface area contributed by atoms with E-state index in [0.29, 0.717) is 22.7 Å². The number of rotatable bonds is 5. The molecule has 2 aromatic rings. The van der Waals surface area contributed by atoms with Crippen molar-refractivity contribution < 1.29 is 19.1 Å². The van der Waals surface area contributed by atoms with E-state index in [2.05, 4.69) is 16.7 Å². The molecule has 0 bridgehead atoms. The molecule has 3 rings (SSSR count). The SMILES string of the molecule is COCC(=O)Nc1cc2c(cc1OC)NC(=O)C[C@@H]2c1cccc(C#N)c1. The molecule has 0 radical (unpaired) electrons. The third-order valence-corrected chi connectivity index (χ3v) is 4.38. The molecule has 27 heavy (non-hydrogen) atoms. The van der Waals surface area contributed by atoms with Crippen LogP contribution in [-0.2, 0) is 14.3 Å². The summed E-state index contributed by atoms with van der Waals surface area (Å²) in [5.41, 5.74) is 3.36. The van der Waals surface area contributed by atoms with Crippen molar-refractivity contribution >= 4 is 23.2 Å². The molecule has 0 fully saturated rings. The summed E-state index contributed by atoms with van der Waals surface area (Å²) in [6, 6.07) is 12.8. The fraction of sp³-hybridized carbons (Fsp3) is 0.250. The standard InChI is InChI=1S/C20H19N3O4/c1-26-11-20(25)23-17-7-15-14(13-5-3-4-12(6-13)10-21)8-19(24)22-16(15)9-18(17)27-2/h3-7,9,14H,8,11H2,1-2H3,(H,22,24)(H,23,25)/t14-/m1/s1. The number of fused-ring (bicyclic) bond motifs is 1. The Morgan fingerprint density at radius 3 is 2.85 bits per heavy atom. The van der Waals surface area contributed by atoms with E-state index in [1.807, 2.05) is 6.07 Å². The summed E-state index contributed by atoms with van der Waals surface area (Å²) < 4.78 is 10.2. The Morgan fingerprint density at radius 1 is 1.33 bits per heavy atom. The first-order valence-electron chi connectivity index (χ1n) is 8.36. The first-order valence-corrected chi connectivity index (χ1v) is 8.36. The second-order valence-corrected chi connectivity index (χ2v) is 6.16. The molecule has 7 nitrogen and oxygen atoms in total. The van der Waals surface area contributed by atoms with Crippen LogP contribution in [0.3, 0.4) is 0 Å². The predicted octanol–water partition coefficient (Wildman–Crippen LogP) is 2.63. The van der Waals surface area contributed by atoms with Crippen LogP contribution in [0.5, 0.6) is 5.75 Å². The molecule has 2 N–H and O–H groups in total. The summed E-state index contributed by atoms with van der Waals surface area (Å²) in [6.07, 6.45) is 0.250. The van der Waals surface area contributed by atoms with Crippen molar-refractivity contribution in [2.45, 2.75) is 12.3 Å². The number of nitriles is 1. The smallest absolute Gasteiger partial charge is 0.250 e. The minimum Gasteiger partial charge on any atom is -0.494 e. The fourth-order valence-corrected chi connectivity index (χ4v) is 3.20. The Hall–Kier alpha value is -3.37. The number of ether oxygens (including phenoxy) is 2. The first-order chi connectivity index (χ1) is 13.0. The molecule has 0 unspecified atom stereocenters. The quantitative estimate of drug-likeness (QED) is 0.848. The Morgan fingerprint density at radius 2 is 2.15 bits per heavy atom. The lowest BCUT2D eigenvalue weighted by Gasteiger charge is -2.27. The van der Waals surface area contributed by atoms with Gasteiger partial charge in [0.1, 0.15) is 12.4 Å². The monoisotopic (exact) mass is 365 g/mol. The van der Waals surface area contributed by atoms with Crippen molar-refractivity contribution in [2.75, 3.05) is 31.5 Å². The fourth-order valence-electron chi connectivity index (χ4n) is 3.20. The van der Waals surface area contributed by atoms with Gasteiger partial charge >= 0.3 is 0 Å². The van der Waals surface area contributed by atoms with E-state index in [1.165, 1.54) is 14.2 Å². The third kappa shape index (κ3) is 3.91. The number of hydrogen-bond acceptors (Lipinski definition) is 5. The Labute approximate surface area is 156 Å². The second-order valence-electron chi connectivity index (χ2n) is 6.16. The molecule has 1 aliphatic rings. The molecular formula is C20H19N3O4. The van der Waals surface area contributed by atoms with E-state index >= 15 is 0 Å². The number of amides is 2. The average Bonchev–Trinajstić information content (AvgIpc) is 2.67. The summed E-state index contributed by atoms with van der Waals surface area (Å²) in [5, 5.41) is 14.8. The van der Waals surface area contributed by atoms with Crippen LogP contribution in [0.2, 0.25) is 0 Å². The molecule has 7 heteroatoms. The number of carbonyl (C=O) groups is 2. The van der Waals surface area contributed by atoms with Gasteiger partial charge in [0.25, 0.3) is 0 Å². The molecule has 0 aromatic heterocycles.